The molecule has 0 atom stereocenters. The van der Waals surface area contributed by atoms with Crippen LogP contribution in [0.25, 0.3) is 16.9 Å². The summed E-state index contributed by atoms with van der Waals surface area (Å²) in [5.74, 6) is 2.10. The molecule has 0 bridgehead atoms. The van der Waals surface area contributed by atoms with Crippen molar-refractivity contribution < 1.29 is 0 Å². The summed E-state index contributed by atoms with van der Waals surface area (Å²) in [6.07, 6.45) is 7.04. The van der Waals surface area contributed by atoms with Crippen LogP contribution in [0.2, 0.25) is 0 Å². The Morgan fingerprint density at radius 1 is 1.06 bits per heavy atom. The maximum atomic E-state index is 4.99. The molecule has 1 aliphatic rings. The Balaban J connectivity index is 1.39. The standard InChI is InChI=1S/C26H24N6/c1-17-5-4-6-18(13-17)14-20-7-2-3-8-21(20)23-16-25-27-11-12-32(25)26(28-23)29-24-15-22(30-31-24)19-9-10-19/h2-8,11-13,15-16,19H,9-10,14H2,1H3,(H2,28,29,30,31). The van der Waals surface area contributed by atoms with Crippen LogP contribution in [0.3, 0.4) is 0 Å². The van der Waals surface area contributed by atoms with Crippen LogP contribution >= 0.6 is 0 Å². The van der Waals surface area contributed by atoms with E-state index in [-0.39, 0.29) is 0 Å². The van der Waals surface area contributed by atoms with E-state index in [1.54, 1.807) is 6.20 Å². The van der Waals surface area contributed by atoms with Gasteiger partial charge in [-0.2, -0.15) is 5.10 Å². The zero-order valence-corrected chi connectivity index (χ0v) is 17.9. The maximum Gasteiger partial charge on any atom is 0.214 e. The highest BCUT2D eigenvalue weighted by Gasteiger charge is 2.25. The molecule has 5 aromatic rings. The third kappa shape index (κ3) is 3.64. The van der Waals surface area contributed by atoms with Crippen molar-refractivity contribution in [3.8, 4) is 11.3 Å². The van der Waals surface area contributed by atoms with Gasteiger partial charge in [-0.1, -0.05) is 54.1 Å². The molecule has 0 radical (unpaired) electrons. The predicted octanol–water partition coefficient (Wildman–Crippen LogP) is 5.64. The molecule has 1 fully saturated rings. The van der Waals surface area contributed by atoms with Crippen molar-refractivity contribution in [3.63, 3.8) is 0 Å². The van der Waals surface area contributed by atoms with Gasteiger partial charge in [0.05, 0.1) is 5.69 Å². The lowest BCUT2D eigenvalue weighted by atomic mass is 9.97. The van der Waals surface area contributed by atoms with E-state index in [1.165, 1.54) is 35.2 Å². The van der Waals surface area contributed by atoms with E-state index < -0.39 is 0 Å². The molecule has 2 aromatic carbocycles. The Hall–Kier alpha value is -3.93. The number of anilines is 2. The largest absolute Gasteiger partial charge is 0.308 e. The van der Waals surface area contributed by atoms with Crippen molar-refractivity contribution in [3.05, 3.63) is 95.4 Å². The SMILES string of the molecule is Cc1cccc(Cc2ccccc2-c2cc3nccn3c(Nc3cc(C4CC4)[nH]n3)n2)c1. The van der Waals surface area contributed by atoms with Crippen molar-refractivity contribution >= 4 is 17.4 Å². The van der Waals surface area contributed by atoms with Crippen LogP contribution in [0.5, 0.6) is 0 Å². The molecular formula is C26H24N6. The smallest absolute Gasteiger partial charge is 0.214 e. The summed E-state index contributed by atoms with van der Waals surface area (Å²) in [4.78, 5) is 9.52. The second-order valence-corrected chi connectivity index (χ2v) is 8.55. The molecule has 1 aliphatic carbocycles. The quantitative estimate of drug-likeness (QED) is 0.373. The number of aromatic nitrogens is 5. The fourth-order valence-corrected chi connectivity index (χ4v) is 4.23. The molecule has 0 spiro atoms. The lowest BCUT2D eigenvalue weighted by Crippen LogP contribution is -2.03. The first-order chi connectivity index (χ1) is 15.7. The van der Waals surface area contributed by atoms with E-state index in [1.807, 2.05) is 16.7 Å². The molecule has 32 heavy (non-hydrogen) atoms. The van der Waals surface area contributed by atoms with E-state index in [9.17, 15) is 0 Å². The van der Waals surface area contributed by atoms with Gasteiger partial charge in [0.2, 0.25) is 5.95 Å². The number of nitrogens with zero attached hydrogens (tertiary/aromatic N) is 4. The number of H-pyrrole nitrogens is 1. The lowest BCUT2D eigenvalue weighted by molar-refractivity contribution is 0.964. The number of aromatic amines is 1. The third-order valence-corrected chi connectivity index (χ3v) is 6.01. The molecule has 6 nitrogen and oxygen atoms in total. The van der Waals surface area contributed by atoms with Crippen LogP contribution in [0.1, 0.15) is 41.1 Å². The summed E-state index contributed by atoms with van der Waals surface area (Å²) in [7, 11) is 0. The highest BCUT2D eigenvalue weighted by molar-refractivity contribution is 5.70. The van der Waals surface area contributed by atoms with E-state index in [4.69, 9.17) is 4.98 Å². The molecule has 158 valence electrons. The van der Waals surface area contributed by atoms with Gasteiger partial charge in [0.1, 0.15) is 5.65 Å². The van der Waals surface area contributed by atoms with Crippen molar-refractivity contribution in [1.29, 1.82) is 0 Å². The summed E-state index contributed by atoms with van der Waals surface area (Å²) in [6, 6.07) is 21.3. The lowest BCUT2D eigenvalue weighted by Gasteiger charge is -2.12. The number of nitrogens with one attached hydrogen (secondary N) is 2. The van der Waals surface area contributed by atoms with Gasteiger partial charge < -0.3 is 5.32 Å². The predicted molar refractivity (Wildman–Crippen MR) is 126 cm³/mol. The third-order valence-electron chi connectivity index (χ3n) is 6.01. The molecular weight excluding hydrogens is 396 g/mol. The summed E-state index contributed by atoms with van der Waals surface area (Å²) in [5, 5.41) is 11.0. The zero-order valence-electron chi connectivity index (χ0n) is 17.9. The van der Waals surface area contributed by atoms with E-state index in [0.717, 1.165) is 29.1 Å². The van der Waals surface area contributed by atoms with Crippen LogP contribution in [-0.2, 0) is 6.42 Å². The van der Waals surface area contributed by atoms with Gasteiger partial charge in [0, 0.05) is 41.7 Å². The molecule has 3 heterocycles. The number of imidazole rings is 1. The number of hydrogen-bond donors (Lipinski definition) is 2. The van der Waals surface area contributed by atoms with E-state index in [0.29, 0.717) is 11.9 Å². The summed E-state index contributed by atoms with van der Waals surface area (Å²) in [5.41, 5.74) is 7.85. The molecule has 0 saturated heterocycles. The number of hydrogen-bond acceptors (Lipinski definition) is 4. The fraction of sp³-hybridized carbons (Fsp3) is 0.192. The second-order valence-electron chi connectivity index (χ2n) is 8.55. The Kier molecular flexibility index (Phi) is 4.49. The van der Waals surface area contributed by atoms with Crippen LogP contribution in [0, 0.1) is 6.92 Å². The minimum Gasteiger partial charge on any atom is -0.308 e. The van der Waals surface area contributed by atoms with Crippen LogP contribution in [0.15, 0.2) is 73.1 Å². The van der Waals surface area contributed by atoms with Gasteiger partial charge in [-0.25, -0.2) is 9.97 Å². The van der Waals surface area contributed by atoms with Crippen molar-refractivity contribution in [2.45, 2.75) is 32.1 Å². The molecule has 0 amide bonds. The monoisotopic (exact) mass is 420 g/mol. The van der Waals surface area contributed by atoms with Crippen molar-refractivity contribution in [2.75, 3.05) is 5.32 Å². The van der Waals surface area contributed by atoms with Crippen LogP contribution < -0.4 is 5.32 Å². The number of benzene rings is 2. The fourth-order valence-electron chi connectivity index (χ4n) is 4.23. The maximum absolute atomic E-state index is 4.99. The molecule has 1 saturated carbocycles. The first-order valence-electron chi connectivity index (χ1n) is 11.0. The van der Waals surface area contributed by atoms with Gasteiger partial charge in [-0.15, -0.1) is 0 Å². The Morgan fingerprint density at radius 2 is 1.97 bits per heavy atom. The minimum atomic E-state index is 0.624. The van der Waals surface area contributed by atoms with Crippen LogP contribution in [-0.4, -0.2) is 24.6 Å². The molecule has 6 rings (SSSR count). The molecule has 0 unspecified atom stereocenters. The average Bonchev–Trinajstić information content (AvgIpc) is 3.34. The summed E-state index contributed by atoms with van der Waals surface area (Å²) < 4.78 is 1.96. The van der Waals surface area contributed by atoms with Crippen molar-refractivity contribution in [2.24, 2.45) is 0 Å². The number of fused-ring (bicyclic) bond motifs is 1. The highest BCUT2D eigenvalue weighted by Crippen LogP contribution is 2.39. The Bertz CT molecular complexity index is 1410. The van der Waals surface area contributed by atoms with Gasteiger partial charge >= 0.3 is 0 Å². The normalized spacial score (nSPS) is 13.5. The zero-order chi connectivity index (χ0) is 21.5. The topological polar surface area (TPSA) is 70.9 Å². The minimum absolute atomic E-state index is 0.624. The second kappa shape index (κ2) is 7.64. The van der Waals surface area contributed by atoms with E-state index in [2.05, 4.69) is 82.0 Å². The summed E-state index contributed by atoms with van der Waals surface area (Å²) in [6.45, 7) is 2.13. The molecule has 2 N–H and O–H groups in total. The van der Waals surface area contributed by atoms with E-state index >= 15 is 0 Å². The Labute approximate surface area is 186 Å². The summed E-state index contributed by atoms with van der Waals surface area (Å²) >= 11 is 0. The van der Waals surface area contributed by atoms with Crippen LogP contribution in [0.4, 0.5) is 11.8 Å². The highest BCUT2D eigenvalue weighted by atomic mass is 15.3. The average molecular weight is 421 g/mol. The molecule has 6 heteroatoms. The number of rotatable bonds is 6. The van der Waals surface area contributed by atoms with Gasteiger partial charge in [0.25, 0.3) is 0 Å². The Morgan fingerprint density at radius 3 is 2.84 bits per heavy atom. The van der Waals surface area contributed by atoms with Gasteiger partial charge in [0.15, 0.2) is 5.82 Å². The van der Waals surface area contributed by atoms with Gasteiger partial charge in [-0.05, 0) is 37.3 Å². The molecule has 0 aliphatic heterocycles. The molecule has 3 aromatic heterocycles. The van der Waals surface area contributed by atoms with Crippen molar-refractivity contribution in [1.82, 2.24) is 24.6 Å². The number of aryl methyl sites for hydroxylation is 1. The first kappa shape index (κ1) is 18.8. The first-order valence-corrected chi connectivity index (χ1v) is 11.0. The van der Waals surface area contributed by atoms with Gasteiger partial charge in [-0.3, -0.25) is 9.50 Å².